The van der Waals surface area contributed by atoms with E-state index in [2.05, 4.69) is 10.5 Å². The Morgan fingerprint density at radius 1 is 1.18 bits per heavy atom. The summed E-state index contributed by atoms with van der Waals surface area (Å²) in [5.41, 5.74) is 4.92. The number of halogens is 1. The van der Waals surface area contributed by atoms with E-state index in [1.807, 2.05) is 0 Å². The molecule has 3 aromatic rings. The number of ether oxygens (including phenoxy) is 1. The minimum atomic E-state index is -0.645. The maximum Gasteiger partial charge on any atom is 0.379 e. The number of carbonyl (C=O) groups is 2. The summed E-state index contributed by atoms with van der Waals surface area (Å²) in [5.74, 6) is -0.224. The molecule has 0 saturated carbocycles. The Morgan fingerprint density at radius 3 is 2.71 bits per heavy atom. The number of hydrogen-bond acceptors (Lipinski definition) is 7. The third-order valence-corrected chi connectivity index (χ3v) is 5.89. The van der Waals surface area contributed by atoms with E-state index in [1.54, 1.807) is 32.0 Å². The number of aryl methyl sites for hydroxylation is 2. The van der Waals surface area contributed by atoms with E-state index in [9.17, 15) is 19.7 Å². The van der Waals surface area contributed by atoms with Crippen molar-refractivity contribution >= 4 is 34.9 Å². The zero-order valence-corrected chi connectivity index (χ0v) is 19.1. The van der Waals surface area contributed by atoms with Crippen LogP contribution < -0.4 is 10.2 Å². The highest BCUT2D eigenvalue weighted by atomic mass is 35.5. The number of nitrogens with zero attached hydrogens (tertiary/aromatic N) is 2. The maximum absolute atomic E-state index is 12.8. The van der Waals surface area contributed by atoms with Crippen LogP contribution in [0.1, 0.15) is 56.2 Å². The minimum Gasteiger partial charge on any atom is -0.453 e. The number of non-ortho nitro benzene ring substituents is 1. The van der Waals surface area contributed by atoms with Gasteiger partial charge in [0, 0.05) is 40.3 Å². The lowest BCUT2D eigenvalue weighted by atomic mass is 9.93. The number of rotatable bonds is 5. The molecule has 1 heterocycles. The molecule has 174 valence electrons. The fourth-order valence-electron chi connectivity index (χ4n) is 3.75. The molecule has 0 fully saturated rings. The first-order valence-electron chi connectivity index (χ1n) is 10.5. The fraction of sp³-hybridized carbons (Fsp3) is 0.208. The van der Waals surface area contributed by atoms with Crippen LogP contribution in [0.15, 0.2) is 52.0 Å². The van der Waals surface area contributed by atoms with Crippen LogP contribution in [0.4, 0.5) is 5.69 Å². The zero-order valence-electron chi connectivity index (χ0n) is 18.4. The second-order valence-corrected chi connectivity index (χ2v) is 8.22. The number of esters is 1. The van der Waals surface area contributed by atoms with Gasteiger partial charge in [-0.05, 0) is 56.5 Å². The topological polar surface area (TPSA) is 124 Å². The summed E-state index contributed by atoms with van der Waals surface area (Å²) >= 11 is 6.02. The molecule has 2 aromatic carbocycles. The van der Waals surface area contributed by atoms with Gasteiger partial charge < -0.3 is 9.15 Å². The Bertz CT molecular complexity index is 1340. The van der Waals surface area contributed by atoms with Crippen molar-refractivity contribution in [1.82, 2.24) is 5.43 Å². The quantitative estimate of drug-likeness (QED) is 0.232. The molecule has 1 aromatic heterocycles. The van der Waals surface area contributed by atoms with Gasteiger partial charge >= 0.3 is 5.97 Å². The smallest absolute Gasteiger partial charge is 0.379 e. The third kappa shape index (κ3) is 4.69. The average Bonchev–Trinajstić information content (AvgIpc) is 3.17. The lowest BCUT2D eigenvalue weighted by Gasteiger charge is -2.13. The monoisotopic (exact) mass is 481 g/mol. The van der Waals surface area contributed by atoms with Crippen LogP contribution in [0.3, 0.4) is 0 Å². The maximum atomic E-state index is 12.8. The molecule has 1 aliphatic rings. The predicted octanol–water partition coefficient (Wildman–Crippen LogP) is 5.15. The molecule has 0 aliphatic heterocycles. The SMILES string of the molecule is Cc1cc(OC(=O)c2oc3c(c2C)/C(=N/NC(=O)c2cccc([N+](=O)[O-])c2)CCC3)ccc1Cl. The van der Waals surface area contributed by atoms with Crippen molar-refractivity contribution in [2.45, 2.75) is 33.1 Å². The summed E-state index contributed by atoms with van der Waals surface area (Å²) < 4.78 is 11.3. The van der Waals surface area contributed by atoms with Crippen molar-refractivity contribution in [2.24, 2.45) is 5.10 Å². The summed E-state index contributed by atoms with van der Waals surface area (Å²) in [6.07, 6.45) is 1.89. The largest absolute Gasteiger partial charge is 0.453 e. The number of benzene rings is 2. The number of fused-ring (bicyclic) bond motifs is 1. The highest BCUT2D eigenvalue weighted by molar-refractivity contribution is 6.31. The van der Waals surface area contributed by atoms with Crippen LogP contribution in [0, 0.1) is 24.0 Å². The van der Waals surface area contributed by atoms with Gasteiger partial charge in [-0.1, -0.05) is 17.7 Å². The van der Waals surface area contributed by atoms with E-state index < -0.39 is 16.8 Å². The number of carbonyl (C=O) groups excluding carboxylic acids is 2. The Hall–Kier alpha value is -3.98. The molecule has 0 unspecified atom stereocenters. The lowest BCUT2D eigenvalue weighted by molar-refractivity contribution is -0.384. The van der Waals surface area contributed by atoms with Crippen LogP contribution in [-0.4, -0.2) is 22.5 Å². The van der Waals surface area contributed by atoms with Gasteiger partial charge in [0.2, 0.25) is 5.76 Å². The average molecular weight is 482 g/mol. The zero-order chi connectivity index (χ0) is 24.4. The Kier molecular flexibility index (Phi) is 6.47. The first kappa shape index (κ1) is 23.2. The number of hydrogen-bond donors (Lipinski definition) is 1. The van der Waals surface area contributed by atoms with Crippen LogP contribution in [-0.2, 0) is 6.42 Å². The van der Waals surface area contributed by atoms with E-state index in [1.165, 1.54) is 24.3 Å². The summed E-state index contributed by atoms with van der Waals surface area (Å²) in [6, 6.07) is 10.3. The molecule has 0 radical (unpaired) electrons. The molecular formula is C24H20ClN3O6. The number of nitro groups is 1. The molecule has 1 amide bonds. The third-order valence-electron chi connectivity index (χ3n) is 5.46. The molecule has 0 bridgehead atoms. The first-order valence-corrected chi connectivity index (χ1v) is 10.8. The number of amides is 1. The Morgan fingerprint density at radius 2 is 1.97 bits per heavy atom. The van der Waals surface area contributed by atoms with Gasteiger partial charge in [-0.2, -0.15) is 5.10 Å². The van der Waals surface area contributed by atoms with Gasteiger partial charge in [0.15, 0.2) is 0 Å². The molecule has 4 rings (SSSR count). The van der Waals surface area contributed by atoms with E-state index in [4.69, 9.17) is 20.8 Å². The van der Waals surface area contributed by atoms with E-state index in [-0.39, 0.29) is 17.0 Å². The molecule has 10 heteroatoms. The predicted molar refractivity (Wildman–Crippen MR) is 125 cm³/mol. The van der Waals surface area contributed by atoms with Crippen molar-refractivity contribution < 1.29 is 23.7 Å². The summed E-state index contributed by atoms with van der Waals surface area (Å²) in [4.78, 5) is 35.6. The summed E-state index contributed by atoms with van der Waals surface area (Å²) in [7, 11) is 0. The van der Waals surface area contributed by atoms with Crippen LogP contribution in [0.5, 0.6) is 5.75 Å². The Labute approximate surface area is 199 Å². The second kappa shape index (κ2) is 9.48. The van der Waals surface area contributed by atoms with E-state index >= 15 is 0 Å². The molecule has 1 aliphatic carbocycles. The number of nitro benzene ring substituents is 1. The normalized spacial score (nSPS) is 13.9. The molecule has 1 N–H and O–H groups in total. The van der Waals surface area contributed by atoms with Gasteiger partial charge in [0.05, 0.1) is 10.6 Å². The van der Waals surface area contributed by atoms with Crippen LogP contribution >= 0.6 is 11.6 Å². The summed E-state index contributed by atoms with van der Waals surface area (Å²) in [5, 5.41) is 15.8. The first-order chi connectivity index (χ1) is 16.2. The number of hydrazone groups is 1. The molecule has 9 nitrogen and oxygen atoms in total. The van der Waals surface area contributed by atoms with Crippen molar-refractivity contribution in [3.8, 4) is 5.75 Å². The van der Waals surface area contributed by atoms with Gasteiger partial charge in [-0.25, -0.2) is 10.2 Å². The van der Waals surface area contributed by atoms with E-state index in [0.717, 1.165) is 12.0 Å². The second-order valence-electron chi connectivity index (χ2n) is 7.82. The van der Waals surface area contributed by atoms with Crippen molar-refractivity contribution in [3.63, 3.8) is 0 Å². The molecule has 34 heavy (non-hydrogen) atoms. The van der Waals surface area contributed by atoms with Gasteiger partial charge in [-0.3, -0.25) is 14.9 Å². The van der Waals surface area contributed by atoms with Crippen molar-refractivity contribution in [1.29, 1.82) is 0 Å². The number of nitrogens with one attached hydrogen (secondary N) is 1. The molecule has 0 atom stereocenters. The Balaban J connectivity index is 1.56. The standard InChI is InChI=1S/C24H20ClN3O6/c1-13-11-17(9-10-18(13)25)33-24(30)22-14(2)21-19(7-4-8-20(21)34-22)26-27-23(29)15-5-3-6-16(12-15)28(31)32/h3,5-6,9-12H,4,7-8H2,1-2H3,(H,27,29)/b26-19+. The van der Waals surface area contributed by atoms with Gasteiger partial charge in [0.25, 0.3) is 11.6 Å². The number of furan rings is 1. The van der Waals surface area contributed by atoms with E-state index in [0.29, 0.717) is 46.2 Å². The highest BCUT2D eigenvalue weighted by Crippen LogP contribution is 2.31. The highest BCUT2D eigenvalue weighted by Gasteiger charge is 2.29. The van der Waals surface area contributed by atoms with Crippen LogP contribution in [0.25, 0.3) is 0 Å². The van der Waals surface area contributed by atoms with Gasteiger partial charge in [0.1, 0.15) is 11.5 Å². The minimum absolute atomic E-state index is 0.0669. The van der Waals surface area contributed by atoms with Crippen molar-refractivity contribution in [2.75, 3.05) is 0 Å². The fourth-order valence-corrected chi connectivity index (χ4v) is 3.87. The molecule has 0 saturated heterocycles. The van der Waals surface area contributed by atoms with Crippen LogP contribution in [0.2, 0.25) is 5.02 Å². The molecular weight excluding hydrogens is 462 g/mol. The molecule has 0 spiro atoms. The van der Waals surface area contributed by atoms with Crippen molar-refractivity contribution in [3.05, 3.63) is 91.4 Å². The summed E-state index contributed by atoms with van der Waals surface area (Å²) in [6.45, 7) is 3.54. The van der Waals surface area contributed by atoms with Gasteiger partial charge in [-0.15, -0.1) is 0 Å². The lowest BCUT2D eigenvalue weighted by Crippen LogP contribution is -2.22.